The second kappa shape index (κ2) is 6.78. The van der Waals surface area contributed by atoms with Gasteiger partial charge in [0.2, 0.25) is 0 Å². The fourth-order valence-corrected chi connectivity index (χ4v) is 1.69. The molecule has 4 heteroatoms. The van der Waals surface area contributed by atoms with Gasteiger partial charge in [-0.15, -0.1) is 0 Å². The number of hydrogen-bond donors (Lipinski definition) is 1. The molecule has 2 atom stereocenters. The SMILES string of the molecule is CCN(CCOC)C(C)CC(C)(N)C#N. The second-order valence-corrected chi connectivity index (χ2v) is 4.20. The number of ether oxygens (including phenoxy) is 1. The number of rotatable bonds is 7. The molecule has 0 radical (unpaired) electrons. The van der Waals surface area contributed by atoms with E-state index >= 15 is 0 Å². The zero-order valence-electron chi connectivity index (χ0n) is 10.3. The van der Waals surface area contributed by atoms with E-state index in [4.69, 9.17) is 15.7 Å². The molecule has 0 bridgehead atoms. The third-order valence-corrected chi connectivity index (χ3v) is 2.59. The molecule has 0 aromatic rings. The quantitative estimate of drug-likeness (QED) is 0.684. The first-order chi connectivity index (χ1) is 6.96. The lowest BCUT2D eigenvalue weighted by atomic mass is 9.96. The van der Waals surface area contributed by atoms with Gasteiger partial charge < -0.3 is 10.5 Å². The second-order valence-electron chi connectivity index (χ2n) is 4.20. The van der Waals surface area contributed by atoms with Crippen LogP contribution in [0.5, 0.6) is 0 Å². The number of hydrogen-bond acceptors (Lipinski definition) is 4. The van der Waals surface area contributed by atoms with Gasteiger partial charge in [0.05, 0.1) is 12.7 Å². The van der Waals surface area contributed by atoms with Crippen LogP contribution < -0.4 is 5.73 Å². The molecule has 88 valence electrons. The van der Waals surface area contributed by atoms with Crippen LogP contribution in [0.1, 0.15) is 27.2 Å². The van der Waals surface area contributed by atoms with Gasteiger partial charge in [-0.05, 0) is 26.8 Å². The van der Waals surface area contributed by atoms with Crippen molar-refractivity contribution >= 4 is 0 Å². The molecule has 0 aromatic heterocycles. The van der Waals surface area contributed by atoms with Gasteiger partial charge in [-0.25, -0.2) is 0 Å². The van der Waals surface area contributed by atoms with Crippen LogP contribution in [0.2, 0.25) is 0 Å². The van der Waals surface area contributed by atoms with Crippen LogP contribution in [0.4, 0.5) is 0 Å². The summed E-state index contributed by atoms with van der Waals surface area (Å²) in [6.45, 7) is 8.52. The Hall–Kier alpha value is -0.630. The number of likely N-dealkylation sites (N-methyl/N-ethyl adjacent to an activating group) is 1. The molecule has 0 saturated heterocycles. The first-order valence-corrected chi connectivity index (χ1v) is 5.40. The lowest BCUT2D eigenvalue weighted by Gasteiger charge is -2.31. The van der Waals surface area contributed by atoms with E-state index in [9.17, 15) is 0 Å². The van der Waals surface area contributed by atoms with Crippen molar-refractivity contribution in [2.45, 2.75) is 38.8 Å². The summed E-state index contributed by atoms with van der Waals surface area (Å²) < 4.78 is 5.04. The minimum absolute atomic E-state index is 0.305. The minimum atomic E-state index is -0.736. The summed E-state index contributed by atoms with van der Waals surface area (Å²) in [7, 11) is 1.70. The maximum atomic E-state index is 8.86. The van der Waals surface area contributed by atoms with E-state index in [1.807, 2.05) is 0 Å². The first-order valence-electron chi connectivity index (χ1n) is 5.40. The molecule has 0 aromatic carbocycles. The van der Waals surface area contributed by atoms with Gasteiger partial charge in [-0.1, -0.05) is 6.92 Å². The van der Waals surface area contributed by atoms with Crippen molar-refractivity contribution in [2.75, 3.05) is 26.8 Å². The minimum Gasteiger partial charge on any atom is -0.383 e. The van der Waals surface area contributed by atoms with Gasteiger partial charge >= 0.3 is 0 Å². The highest BCUT2D eigenvalue weighted by Crippen LogP contribution is 2.12. The van der Waals surface area contributed by atoms with Gasteiger partial charge in [0.15, 0.2) is 0 Å². The molecule has 0 amide bonds. The Morgan fingerprint density at radius 2 is 2.20 bits per heavy atom. The monoisotopic (exact) mass is 213 g/mol. The van der Waals surface area contributed by atoms with Crippen LogP contribution >= 0.6 is 0 Å². The number of methoxy groups -OCH3 is 1. The van der Waals surface area contributed by atoms with E-state index in [1.54, 1.807) is 14.0 Å². The Morgan fingerprint density at radius 3 is 2.60 bits per heavy atom. The summed E-state index contributed by atoms with van der Waals surface area (Å²) in [5, 5.41) is 8.86. The Morgan fingerprint density at radius 1 is 1.60 bits per heavy atom. The maximum absolute atomic E-state index is 8.86. The normalized spacial score (nSPS) is 17.1. The van der Waals surface area contributed by atoms with Crippen molar-refractivity contribution in [3.63, 3.8) is 0 Å². The van der Waals surface area contributed by atoms with Gasteiger partial charge in [-0.3, -0.25) is 4.90 Å². The Labute approximate surface area is 93.0 Å². The summed E-state index contributed by atoms with van der Waals surface area (Å²) in [6, 6.07) is 2.43. The molecular formula is C11H23N3O. The van der Waals surface area contributed by atoms with Crippen molar-refractivity contribution in [3.8, 4) is 6.07 Å². The number of nitriles is 1. The molecule has 0 aliphatic rings. The number of nitrogens with two attached hydrogens (primary N) is 1. The molecule has 0 aliphatic heterocycles. The average Bonchev–Trinajstić information content (AvgIpc) is 2.18. The fourth-order valence-electron chi connectivity index (χ4n) is 1.69. The predicted octanol–water partition coefficient (Wildman–Crippen LogP) is 0.974. The van der Waals surface area contributed by atoms with Gasteiger partial charge in [-0.2, -0.15) is 5.26 Å². The highest BCUT2D eigenvalue weighted by atomic mass is 16.5. The topological polar surface area (TPSA) is 62.3 Å². The number of nitrogens with zero attached hydrogens (tertiary/aromatic N) is 2. The Balaban J connectivity index is 4.15. The summed E-state index contributed by atoms with van der Waals surface area (Å²) in [4.78, 5) is 2.27. The van der Waals surface area contributed by atoms with E-state index in [-0.39, 0.29) is 0 Å². The fraction of sp³-hybridized carbons (Fsp3) is 0.909. The Bertz CT molecular complexity index is 210. The third kappa shape index (κ3) is 5.73. The largest absolute Gasteiger partial charge is 0.383 e. The highest BCUT2D eigenvalue weighted by molar-refractivity contribution is 5.02. The lowest BCUT2D eigenvalue weighted by molar-refractivity contribution is 0.120. The van der Waals surface area contributed by atoms with Crippen molar-refractivity contribution in [2.24, 2.45) is 5.73 Å². The lowest BCUT2D eigenvalue weighted by Crippen LogP contribution is -2.44. The van der Waals surface area contributed by atoms with Crippen LogP contribution in [-0.4, -0.2) is 43.3 Å². The maximum Gasteiger partial charge on any atom is 0.102 e. The summed E-state index contributed by atoms with van der Waals surface area (Å²) >= 11 is 0. The predicted molar refractivity (Wildman–Crippen MR) is 61.4 cm³/mol. The molecule has 2 N–H and O–H groups in total. The molecule has 0 saturated carbocycles. The summed E-state index contributed by atoms with van der Waals surface area (Å²) in [5.74, 6) is 0. The molecule has 0 rings (SSSR count). The zero-order chi connectivity index (χ0) is 11.9. The molecule has 0 fully saturated rings. The molecule has 0 spiro atoms. The van der Waals surface area contributed by atoms with E-state index in [0.29, 0.717) is 19.1 Å². The standard InChI is InChI=1S/C11H23N3O/c1-5-14(6-7-15-4)10(2)8-11(3,13)9-12/h10H,5-8,13H2,1-4H3. The zero-order valence-corrected chi connectivity index (χ0v) is 10.3. The summed E-state index contributed by atoms with van der Waals surface area (Å²) in [5.41, 5.74) is 5.08. The van der Waals surface area contributed by atoms with Gasteiger partial charge in [0.25, 0.3) is 0 Å². The van der Waals surface area contributed by atoms with Crippen LogP contribution in [-0.2, 0) is 4.74 Å². The van der Waals surface area contributed by atoms with E-state index in [1.165, 1.54) is 0 Å². The molecule has 2 unspecified atom stereocenters. The highest BCUT2D eigenvalue weighted by Gasteiger charge is 2.23. The average molecular weight is 213 g/mol. The van der Waals surface area contributed by atoms with Crippen molar-refractivity contribution < 1.29 is 4.74 Å². The van der Waals surface area contributed by atoms with Crippen LogP contribution in [0.25, 0.3) is 0 Å². The van der Waals surface area contributed by atoms with Crippen molar-refractivity contribution in [1.82, 2.24) is 4.90 Å². The summed E-state index contributed by atoms with van der Waals surface area (Å²) in [6.07, 6.45) is 0.682. The molecular weight excluding hydrogens is 190 g/mol. The third-order valence-electron chi connectivity index (χ3n) is 2.59. The molecule has 15 heavy (non-hydrogen) atoms. The van der Waals surface area contributed by atoms with Crippen molar-refractivity contribution in [3.05, 3.63) is 0 Å². The van der Waals surface area contributed by atoms with Crippen molar-refractivity contribution in [1.29, 1.82) is 5.26 Å². The van der Waals surface area contributed by atoms with E-state index < -0.39 is 5.54 Å². The smallest absolute Gasteiger partial charge is 0.102 e. The van der Waals surface area contributed by atoms with Crippen LogP contribution in [0, 0.1) is 11.3 Å². The molecule has 0 aliphatic carbocycles. The molecule has 0 heterocycles. The van der Waals surface area contributed by atoms with Crippen LogP contribution in [0.15, 0.2) is 0 Å². The van der Waals surface area contributed by atoms with Crippen LogP contribution in [0.3, 0.4) is 0 Å². The Kier molecular flexibility index (Phi) is 6.50. The van der Waals surface area contributed by atoms with Gasteiger partial charge in [0.1, 0.15) is 5.54 Å². The van der Waals surface area contributed by atoms with Gasteiger partial charge in [0, 0.05) is 19.7 Å². The van der Waals surface area contributed by atoms with E-state index in [0.717, 1.165) is 13.1 Å². The molecule has 4 nitrogen and oxygen atoms in total. The first kappa shape index (κ1) is 14.4. The van der Waals surface area contributed by atoms with E-state index in [2.05, 4.69) is 24.8 Å².